The lowest BCUT2D eigenvalue weighted by Gasteiger charge is -2.14. The van der Waals surface area contributed by atoms with Crippen LogP contribution in [0.1, 0.15) is 42.1 Å². The molecule has 0 spiro atoms. The van der Waals surface area contributed by atoms with Crippen LogP contribution in [0.15, 0.2) is 48.5 Å². The highest BCUT2D eigenvalue weighted by atomic mass is 19.1. The first-order valence-electron chi connectivity index (χ1n) is 8.96. The van der Waals surface area contributed by atoms with Crippen molar-refractivity contribution in [3.63, 3.8) is 0 Å². The van der Waals surface area contributed by atoms with Crippen LogP contribution in [0.2, 0.25) is 0 Å². The van der Waals surface area contributed by atoms with E-state index in [1.165, 1.54) is 24.3 Å². The maximum Gasteiger partial charge on any atom is 0.344 e. The number of benzene rings is 3. The van der Waals surface area contributed by atoms with Gasteiger partial charge in [0.25, 0.3) is 0 Å². The fourth-order valence-corrected chi connectivity index (χ4v) is 3.12. The van der Waals surface area contributed by atoms with Crippen molar-refractivity contribution in [2.75, 3.05) is 0 Å². The molecular formula is C22H21FO4. The van der Waals surface area contributed by atoms with Gasteiger partial charge in [0.05, 0.1) is 5.56 Å². The molecule has 0 unspecified atom stereocenters. The molecule has 0 saturated heterocycles. The van der Waals surface area contributed by atoms with E-state index < -0.39 is 11.8 Å². The first kappa shape index (κ1) is 18.7. The Morgan fingerprint density at radius 2 is 1.74 bits per heavy atom. The van der Waals surface area contributed by atoms with Crippen molar-refractivity contribution in [2.45, 2.75) is 32.6 Å². The Labute approximate surface area is 156 Å². The Balaban J connectivity index is 2.08. The molecule has 27 heavy (non-hydrogen) atoms. The van der Waals surface area contributed by atoms with E-state index in [2.05, 4.69) is 6.92 Å². The fraction of sp³-hybridized carbons (Fsp3) is 0.227. The number of hydrogen-bond donors (Lipinski definition) is 2. The Morgan fingerprint density at radius 3 is 2.48 bits per heavy atom. The van der Waals surface area contributed by atoms with E-state index >= 15 is 0 Å². The predicted molar refractivity (Wildman–Crippen MR) is 102 cm³/mol. The molecule has 140 valence electrons. The molecule has 0 atom stereocenters. The van der Waals surface area contributed by atoms with Crippen LogP contribution in [0.3, 0.4) is 0 Å². The van der Waals surface area contributed by atoms with Gasteiger partial charge in [0, 0.05) is 10.8 Å². The summed E-state index contributed by atoms with van der Waals surface area (Å²) in [5, 5.41) is 20.7. The number of carbonyl (C=O) groups is 1. The van der Waals surface area contributed by atoms with E-state index in [9.17, 15) is 19.4 Å². The molecule has 0 radical (unpaired) electrons. The van der Waals surface area contributed by atoms with Gasteiger partial charge in [0.2, 0.25) is 0 Å². The lowest BCUT2D eigenvalue weighted by atomic mass is 9.94. The highest BCUT2D eigenvalue weighted by Crippen LogP contribution is 2.37. The summed E-state index contributed by atoms with van der Waals surface area (Å²) in [7, 11) is 0. The average molecular weight is 368 g/mol. The van der Waals surface area contributed by atoms with Crippen LogP contribution in [0.4, 0.5) is 4.39 Å². The zero-order chi connectivity index (χ0) is 19.4. The molecule has 0 aromatic heterocycles. The Bertz CT molecular complexity index is 981. The number of halogens is 1. The number of aromatic hydroxyl groups is 2. The third kappa shape index (κ3) is 3.87. The Hall–Kier alpha value is -3.08. The van der Waals surface area contributed by atoms with Crippen molar-refractivity contribution in [1.29, 1.82) is 0 Å². The van der Waals surface area contributed by atoms with Crippen LogP contribution in [0.25, 0.3) is 10.8 Å². The maximum absolute atomic E-state index is 13.9. The quantitative estimate of drug-likeness (QED) is 0.267. The van der Waals surface area contributed by atoms with Crippen molar-refractivity contribution in [3.05, 3.63) is 65.5 Å². The zero-order valence-corrected chi connectivity index (χ0v) is 15.0. The van der Waals surface area contributed by atoms with Crippen molar-refractivity contribution in [2.24, 2.45) is 0 Å². The monoisotopic (exact) mass is 368 g/mol. The fourth-order valence-electron chi connectivity index (χ4n) is 3.12. The Kier molecular flexibility index (Phi) is 5.60. The smallest absolute Gasteiger partial charge is 0.344 e. The van der Waals surface area contributed by atoms with Gasteiger partial charge >= 0.3 is 5.97 Å². The molecule has 2 N–H and O–H groups in total. The molecule has 0 aliphatic rings. The minimum atomic E-state index is -0.692. The summed E-state index contributed by atoms with van der Waals surface area (Å²) in [6.07, 6.45) is 3.61. The molecular weight excluding hydrogens is 347 g/mol. The van der Waals surface area contributed by atoms with Gasteiger partial charge in [0.1, 0.15) is 0 Å². The third-order valence-electron chi connectivity index (χ3n) is 4.53. The number of esters is 1. The summed E-state index contributed by atoms with van der Waals surface area (Å²) >= 11 is 0. The third-order valence-corrected chi connectivity index (χ3v) is 4.53. The number of phenolic OH excluding ortho intramolecular Hbond substituents is 2. The van der Waals surface area contributed by atoms with E-state index in [4.69, 9.17) is 4.74 Å². The molecule has 0 saturated carbocycles. The normalized spacial score (nSPS) is 10.9. The second kappa shape index (κ2) is 8.08. The van der Waals surface area contributed by atoms with Crippen LogP contribution < -0.4 is 4.74 Å². The van der Waals surface area contributed by atoms with Gasteiger partial charge in [-0.15, -0.1) is 0 Å². The molecule has 3 aromatic rings. The number of aryl methyl sites for hydroxylation is 1. The molecule has 5 heteroatoms. The van der Waals surface area contributed by atoms with E-state index in [1.807, 2.05) is 0 Å². The number of para-hydroxylation sites is 1. The van der Waals surface area contributed by atoms with E-state index in [0.717, 1.165) is 24.8 Å². The highest BCUT2D eigenvalue weighted by Gasteiger charge is 2.21. The van der Waals surface area contributed by atoms with Crippen molar-refractivity contribution >= 4 is 16.7 Å². The minimum absolute atomic E-state index is 0.151. The van der Waals surface area contributed by atoms with Gasteiger partial charge < -0.3 is 14.9 Å². The topological polar surface area (TPSA) is 66.8 Å². The van der Waals surface area contributed by atoms with Gasteiger partial charge in [-0.3, -0.25) is 0 Å². The van der Waals surface area contributed by atoms with E-state index in [-0.39, 0.29) is 22.8 Å². The molecule has 0 fully saturated rings. The first-order chi connectivity index (χ1) is 13.0. The molecule has 0 bridgehead atoms. The van der Waals surface area contributed by atoms with Crippen LogP contribution in [-0.2, 0) is 6.42 Å². The van der Waals surface area contributed by atoms with E-state index in [0.29, 0.717) is 17.2 Å². The number of phenols is 2. The summed E-state index contributed by atoms with van der Waals surface area (Å²) < 4.78 is 19.2. The lowest BCUT2D eigenvalue weighted by molar-refractivity contribution is 0.0729. The molecule has 3 aromatic carbocycles. The maximum atomic E-state index is 13.9. The number of carbonyl (C=O) groups excluding carboxylic acids is 1. The van der Waals surface area contributed by atoms with Gasteiger partial charge in [-0.05, 0) is 42.7 Å². The summed E-state index contributed by atoms with van der Waals surface area (Å²) in [5.74, 6) is -2.04. The summed E-state index contributed by atoms with van der Waals surface area (Å²) in [6, 6.07) is 12.0. The summed E-state index contributed by atoms with van der Waals surface area (Å²) in [4.78, 5) is 12.9. The number of ether oxygens (including phenoxy) is 1. The number of rotatable bonds is 6. The van der Waals surface area contributed by atoms with Crippen molar-refractivity contribution < 1.29 is 24.1 Å². The zero-order valence-electron chi connectivity index (χ0n) is 15.0. The minimum Gasteiger partial charge on any atom is -0.504 e. The number of unbranched alkanes of at least 4 members (excludes halogenated alkanes) is 2. The molecule has 0 amide bonds. The predicted octanol–water partition coefficient (Wildman–Crippen LogP) is 5.34. The van der Waals surface area contributed by atoms with Crippen molar-refractivity contribution in [3.8, 4) is 17.2 Å². The summed E-state index contributed by atoms with van der Waals surface area (Å²) in [5.41, 5.74) is 1.05. The van der Waals surface area contributed by atoms with Gasteiger partial charge in [-0.2, -0.15) is 0 Å². The molecule has 0 aliphatic heterocycles. The Morgan fingerprint density at radius 1 is 1.00 bits per heavy atom. The van der Waals surface area contributed by atoms with Gasteiger partial charge in [-0.1, -0.05) is 44.0 Å². The van der Waals surface area contributed by atoms with Crippen LogP contribution in [0.5, 0.6) is 17.2 Å². The SMILES string of the molecule is CCCCCc1ccc2c(O)c(O)ccc2c1C(=O)Oc1ccccc1F. The average Bonchev–Trinajstić information content (AvgIpc) is 2.66. The van der Waals surface area contributed by atoms with Crippen LogP contribution in [0, 0.1) is 5.82 Å². The largest absolute Gasteiger partial charge is 0.504 e. The van der Waals surface area contributed by atoms with E-state index in [1.54, 1.807) is 24.3 Å². The van der Waals surface area contributed by atoms with Crippen molar-refractivity contribution in [1.82, 2.24) is 0 Å². The molecule has 0 aliphatic carbocycles. The standard InChI is InChI=1S/C22H21FO4/c1-2-3-4-7-14-10-11-16-15(12-13-18(24)21(16)25)20(14)22(26)27-19-9-6-5-8-17(19)23/h5-6,8-13,24-25H,2-4,7H2,1H3. The second-order valence-corrected chi connectivity index (χ2v) is 6.41. The molecule has 3 rings (SSSR count). The number of fused-ring (bicyclic) bond motifs is 1. The lowest BCUT2D eigenvalue weighted by Crippen LogP contribution is -2.13. The number of hydrogen-bond acceptors (Lipinski definition) is 4. The molecule has 0 heterocycles. The molecule has 4 nitrogen and oxygen atoms in total. The van der Waals surface area contributed by atoms with Gasteiger partial charge in [-0.25, -0.2) is 9.18 Å². The second-order valence-electron chi connectivity index (χ2n) is 6.41. The summed E-state index contributed by atoms with van der Waals surface area (Å²) in [6.45, 7) is 2.09. The van der Waals surface area contributed by atoms with Gasteiger partial charge in [0.15, 0.2) is 23.1 Å². The van der Waals surface area contributed by atoms with Crippen LogP contribution >= 0.6 is 0 Å². The first-order valence-corrected chi connectivity index (χ1v) is 8.96. The highest BCUT2D eigenvalue weighted by molar-refractivity contribution is 6.08. The van der Waals surface area contributed by atoms with Crippen LogP contribution in [-0.4, -0.2) is 16.2 Å².